The van der Waals surface area contributed by atoms with E-state index in [-0.39, 0.29) is 24.4 Å². The summed E-state index contributed by atoms with van der Waals surface area (Å²) in [5.74, 6) is -1.07. The van der Waals surface area contributed by atoms with Gasteiger partial charge in [0.05, 0.1) is 36.3 Å². The van der Waals surface area contributed by atoms with E-state index >= 15 is 0 Å². The van der Waals surface area contributed by atoms with Gasteiger partial charge in [-0.05, 0) is 36.6 Å². The molecule has 5 heteroatoms. The molecule has 0 radical (unpaired) electrons. The minimum atomic E-state index is -1.05. The van der Waals surface area contributed by atoms with Crippen LogP contribution in [-0.4, -0.2) is 31.4 Å². The Morgan fingerprint density at radius 2 is 1.30 bits per heavy atom. The molecule has 40 heavy (non-hydrogen) atoms. The first kappa shape index (κ1) is 28.2. The molecule has 0 aliphatic heterocycles. The predicted octanol–water partition coefficient (Wildman–Crippen LogP) is 7.03. The normalized spacial score (nSPS) is 14.7. The first-order chi connectivity index (χ1) is 19.6. The largest absolute Gasteiger partial charge is 0.463 e. The van der Waals surface area contributed by atoms with Gasteiger partial charge in [0.2, 0.25) is 0 Å². The fourth-order valence-electron chi connectivity index (χ4n) is 4.58. The molecule has 0 heterocycles. The first-order valence-corrected chi connectivity index (χ1v) is 13.4. The molecule has 0 saturated heterocycles. The Balaban J connectivity index is 2.02. The van der Waals surface area contributed by atoms with Crippen LogP contribution in [-0.2, 0) is 25.6 Å². The highest BCUT2D eigenvalue weighted by Gasteiger charge is 2.39. The van der Waals surface area contributed by atoms with E-state index in [4.69, 9.17) is 14.5 Å². The maximum Gasteiger partial charge on any atom is 0.338 e. The van der Waals surface area contributed by atoms with Crippen molar-refractivity contribution in [2.45, 2.75) is 20.4 Å². The summed E-state index contributed by atoms with van der Waals surface area (Å²) in [6, 6.07) is 28.8. The van der Waals surface area contributed by atoms with Crippen LogP contribution in [0.2, 0.25) is 0 Å². The summed E-state index contributed by atoms with van der Waals surface area (Å²) in [6.07, 6.45) is 11.1. The molecule has 5 nitrogen and oxygen atoms in total. The number of allylic oxidation sites excluding steroid dienone is 4. The lowest BCUT2D eigenvalue weighted by atomic mass is 9.76. The van der Waals surface area contributed by atoms with Gasteiger partial charge in [-0.3, -0.25) is 4.99 Å². The molecule has 3 aromatic carbocycles. The quantitative estimate of drug-likeness (QED) is 0.115. The standard InChI is InChI=1S/C35H33NO4/c1-3-39-33(37)30(24-27-16-8-5-9-17-27)31(29-20-12-7-13-21-29)32(34(38)40-4-2)35(22-14-15-23-35)26-36-25-28-18-10-6-11-19-28/h5-24,26H,3-4,25H2,1-2H3/b30-24-,32-31-,36-26?. The van der Waals surface area contributed by atoms with Gasteiger partial charge in [0.1, 0.15) is 0 Å². The van der Waals surface area contributed by atoms with Crippen LogP contribution in [0.3, 0.4) is 0 Å². The molecular formula is C35H33NO4. The van der Waals surface area contributed by atoms with Crippen LogP contribution < -0.4 is 0 Å². The summed E-state index contributed by atoms with van der Waals surface area (Å²) >= 11 is 0. The number of carbonyl (C=O) groups excluding carboxylic acids is 2. The molecule has 0 unspecified atom stereocenters. The molecule has 0 fully saturated rings. The van der Waals surface area contributed by atoms with Crippen molar-refractivity contribution in [2.75, 3.05) is 13.2 Å². The van der Waals surface area contributed by atoms with Crippen molar-refractivity contribution in [3.63, 3.8) is 0 Å². The van der Waals surface area contributed by atoms with Crippen LogP contribution in [0.15, 0.2) is 131 Å². The van der Waals surface area contributed by atoms with Crippen LogP contribution in [0, 0.1) is 5.41 Å². The number of nitrogens with zero attached hydrogens (tertiary/aromatic N) is 1. The number of hydrogen-bond acceptors (Lipinski definition) is 5. The lowest BCUT2D eigenvalue weighted by Gasteiger charge is -2.27. The molecule has 0 atom stereocenters. The molecule has 0 saturated carbocycles. The van der Waals surface area contributed by atoms with E-state index < -0.39 is 17.4 Å². The van der Waals surface area contributed by atoms with E-state index in [1.165, 1.54) is 0 Å². The monoisotopic (exact) mass is 531 g/mol. The summed E-state index contributed by atoms with van der Waals surface area (Å²) in [6.45, 7) is 4.32. The highest BCUT2D eigenvalue weighted by Crippen LogP contribution is 2.42. The van der Waals surface area contributed by atoms with Crippen molar-refractivity contribution in [1.82, 2.24) is 0 Å². The minimum Gasteiger partial charge on any atom is -0.463 e. The Hall–Kier alpha value is -4.77. The average Bonchev–Trinajstić information content (AvgIpc) is 3.46. The van der Waals surface area contributed by atoms with Crippen molar-refractivity contribution >= 4 is 29.8 Å². The van der Waals surface area contributed by atoms with E-state index in [0.717, 1.165) is 11.1 Å². The third kappa shape index (κ3) is 6.80. The number of esters is 2. The fourth-order valence-corrected chi connectivity index (χ4v) is 4.58. The first-order valence-electron chi connectivity index (χ1n) is 13.4. The Labute approximate surface area is 235 Å². The SMILES string of the molecule is CCOC(=O)C(=C\c1ccccc1)/C(=C(/C(=O)OCC)C1(C=NCc2ccccc2)C=CC=C1)c1ccccc1. The smallest absolute Gasteiger partial charge is 0.338 e. The minimum absolute atomic E-state index is 0.173. The molecule has 4 rings (SSSR count). The maximum absolute atomic E-state index is 13.9. The second-order valence-electron chi connectivity index (χ2n) is 9.13. The molecule has 202 valence electrons. The van der Waals surface area contributed by atoms with Gasteiger partial charge in [-0.1, -0.05) is 115 Å². The highest BCUT2D eigenvalue weighted by molar-refractivity contribution is 6.18. The van der Waals surface area contributed by atoms with Crippen molar-refractivity contribution < 1.29 is 19.1 Å². The van der Waals surface area contributed by atoms with Crippen LogP contribution in [0.5, 0.6) is 0 Å². The fraction of sp³-hybridized carbons (Fsp3) is 0.171. The molecule has 0 aromatic heterocycles. The zero-order chi connectivity index (χ0) is 28.2. The Morgan fingerprint density at radius 3 is 1.90 bits per heavy atom. The van der Waals surface area contributed by atoms with Crippen LogP contribution >= 0.6 is 0 Å². The summed E-state index contributed by atoms with van der Waals surface area (Å²) in [5, 5.41) is 0. The number of aliphatic imine (C=N–C) groups is 1. The van der Waals surface area contributed by atoms with Gasteiger partial charge in [-0.15, -0.1) is 0 Å². The molecule has 1 aliphatic rings. The highest BCUT2D eigenvalue weighted by atomic mass is 16.5. The van der Waals surface area contributed by atoms with E-state index in [0.29, 0.717) is 17.7 Å². The lowest BCUT2D eigenvalue weighted by molar-refractivity contribution is -0.139. The van der Waals surface area contributed by atoms with Gasteiger partial charge in [-0.2, -0.15) is 0 Å². The summed E-state index contributed by atoms with van der Waals surface area (Å²) in [5.41, 5.74) is 2.46. The molecule has 0 amide bonds. The van der Waals surface area contributed by atoms with E-state index in [1.54, 1.807) is 26.1 Å². The van der Waals surface area contributed by atoms with Gasteiger partial charge in [0, 0.05) is 11.8 Å². The van der Waals surface area contributed by atoms with Crippen LogP contribution in [0.1, 0.15) is 30.5 Å². The zero-order valence-corrected chi connectivity index (χ0v) is 22.8. The maximum atomic E-state index is 13.9. The van der Waals surface area contributed by atoms with Gasteiger partial charge in [0.15, 0.2) is 0 Å². The molecule has 0 bridgehead atoms. The van der Waals surface area contributed by atoms with Crippen LogP contribution in [0.25, 0.3) is 11.6 Å². The Bertz CT molecular complexity index is 1440. The number of rotatable bonds is 11. The zero-order valence-electron chi connectivity index (χ0n) is 22.8. The predicted molar refractivity (Wildman–Crippen MR) is 160 cm³/mol. The molecule has 1 aliphatic carbocycles. The van der Waals surface area contributed by atoms with Crippen molar-refractivity contribution in [2.24, 2.45) is 10.4 Å². The van der Waals surface area contributed by atoms with Crippen molar-refractivity contribution in [1.29, 1.82) is 0 Å². The number of ether oxygens (including phenoxy) is 2. The number of hydrogen-bond donors (Lipinski definition) is 0. The second kappa shape index (κ2) is 13.9. The van der Waals surface area contributed by atoms with Gasteiger partial charge in [0.25, 0.3) is 0 Å². The van der Waals surface area contributed by atoms with Crippen molar-refractivity contribution in [3.8, 4) is 0 Å². The third-order valence-corrected chi connectivity index (χ3v) is 6.38. The molecule has 3 aromatic rings. The third-order valence-electron chi connectivity index (χ3n) is 6.38. The number of benzene rings is 3. The lowest BCUT2D eigenvalue weighted by Crippen LogP contribution is -2.29. The topological polar surface area (TPSA) is 65.0 Å². The summed E-state index contributed by atoms with van der Waals surface area (Å²) in [7, 11) is 0. The molecule has 0 N–H and O–H groups in total. The van der Waals surface area contributed by atoms with Gasteiger partial charge < -0.3 is 9.47 Å². The number of carbonyl (C=O) groups is 2. The molecule has 0 spiro atoms. The van der Waals surface area contributed by atoms with E-state index in [1.807, 2.05) is 115 Å². The van der Waals surface area contributed by atoms with Gasteiger partial charge in [-0.25, -0.2) is 9.59 Å². The summed E-state index contributed by atoms with van der Waals surface area (Å²) in [4.78, 5) is 32.3. The van der Waals surface area contributed by atoms with Crippen LogP contribution in [0.4, 0.5) is 0 Å². The second-order valence-corrected chi connectivity index (χ2v) is 9.13. The average molecular weight is 532 g/mol. The summed E-state index contributed by atoms with van der Waals surface area (Å²) < 4.78 is 11.2. The van der Waals surface area contributed by atoms with Crippen molar-refractivity contribution in [3.05, 3.63) is 143 Å². The van der Waals surface area contributed by atoms with E-state index in [9.17, 15) is 9.59 Å². The van der Waals surface area contributed by atoms with Gasteiger partial charge >= 0.3 is 11.9 Å². The Morgan fingerprint density at radius 1 is 0.750 bits per heavy atom. The Kier molecular flexibility index (Phi) is 9.78. The molecular weight excluding hydrogens is 498 g/mol. The van der Waals surface area contributed by atoms with E-state index in [2.05, 4.69) is 0 Å².